The SMILES string of the molecule is Cc1ccnc2nc(C(=O)N3CCN(C(C)c4nc(-c5cccc(C(F)(F)F)c5)no4)CC3)nn12. The maximum atomic E-state index is 13.0. The number of carbonyl (C=O) groups is 1. The van der Waals surface area contributed by atoms with Crippen molar-refractivity contribution in [1.82, 2.24) is 39.5 Å². The van der Waals surface area contributed by atoms with Gasteiger partial charge in [0, 0.05) is 43.6 Å². The summed E-state index contributed by atoms with van der Waals surface area (Å²) in [4.78, 5) is 29.3. The first kappa shape index (κ1) is 22.9. The molecule has 13 heteroatoms. The average Bonchev–Trinajstić information content (AvgIpc) is 3.51. The summed E-state index contributed by atoms with van der Waals surface area (Å²) in [5, 5.41) is 8.14. The number of aromatic nitrogens is 6. The Morgan fingerprint density at radius 2 is 1.89 bits per heavy atom. The molecule has 0 aliphatic carbocycles. The van der Waals surface area contributed by atoms with Crippen molar-refractivity contribution in [2.24, 2.45) is 0 Å². The molecule has 1 aliphatic rings. The van der Waals surface area contributed by atoms with Crippen LogP contribution in [0.4, 0.5) is 13.2 Å². The molecule has 1 aliphatic heterocycles. The number of piperazine rings is 1. The molecule has 1 amide bonds. The molecule has 3 aromatic heterocycles. The zero-order chi connectivity index (χ0) is 24.7. The Hall–Kier alpha value is -3.87. The van der Waals surface area contributed by atoms with Crippen LogP contribution in [0.2, 0.25) is 0 Å². The van der Waals surface area contributed by atoms with Gasteiger partial charge >= 0.3 is 6.18 Å². The second-order valence-electron chi connectivity index (χ2n) is 8.27. The minimum Gasteiger partial charge on any atom is -0.337 e. The van der Waals surface area contributed by atoms with Gasteiger partial charge in [0.2, 0.25) is 17.5 Å². The van der Waals surface area contributed by atoms with Crippen molar-refractivity contribution in [2.75, 3.05) is 26.2 Å². The van der Waals surface area contributed by atoms with Gasteiger partial charge in [-0.25, -0.2) is 9.50 Å². The summed E-state index contributed by atoms with van der Waals surface area (Å²) in [6.45, 7) is 5.70. The predicted molar refractivity (Wildman–Crippen MR) is 116 cm³/mol. The lowest BCUT2D eigenvalue weighted by Gasteiger charge is -2.36. The standard InChI is InChI=1S/C22H21F3N8O2/c1-13-6-7-26-21-28-18(29-33(13)21)20(34)32-10-8-31(9-11-32)14(2)19-27-17(30-35-19)15-4-3-5-16(12-15)22(23,24)25/h3-7,12,14H,8-11H2,1-2H3. The van der Waals surface area contributed by atoms with Gasteiger partial charge in [-0.05, 0) is 32.0 Å². The van der Waals surface area contributed by atoms with Crippen LogP contribution in [-0.4, -0.2) is 71.6 Å². The normalized spacial score (nSPS) is 16.1. The zero-order valence-electron chi connectivity index (χ0n) is 18.9. The molecule has 1 fully saturated rings. The quantitative estimate of drug-likeness (QED) is 0.434. The van der Waals surface area contributed by atoms with E-state index < -0.39 is 11.7 Å². The molecule has 1 unspecified atom stereocenters. The van der Waals surface area contributed by atoms with Crippen molar-refractivity contribution >= 4 is 11.7 Å². The van der Waals surface area contributed by atoms with Gasteiger partial charge in [-0.2, -0.15) is 23.1 Å². The van der Waals surface area contributed by atoms with E-state index in [-0.39, 0.29) is 29.2 Å². The molecule has 1 aromatic carbocycles. The van der Waals surface area contributed by atoms with E-state index in [1.54, 1.807) is 17.2 Å². The lowest BCUT2D eigenvalue weighted by Crippen LogP contribution is -2.49. The Balaban J connectivity index is 1.24. The summed E-state index contributed by atoms with van der Waals surface area (Å²) in [6.07, 6.45) is -2.84. The highest BCUT2D eigenvalue weighted by Gasteiger charge is 2.32. The van der Waals surface area contributed by atoms with Crippen molar-refractivity contribution < 1.29 is 22.5 Å². The van der Waals surface area contributed by atoms with Gasteiger partial charge in [0.25, 0.3) is 11.7 Å². The number of aryl methyl sites for hydroxylation is 1. The Kier molecular flexibility index (Phi) is 5.71. The van der Waals surface area contributed by atoms with Crippen LogP contribution < -0.4 is 0 Å². The molecule has 5 rings (SSSR count). The van der Waals surface area contributed by atoms with Gasteiger partial charge in [-0.1, -0.05) is 17.3 Å². The second-order valence-corrected chi connectivity index (χ2v) is 8.27. The predicted octanol–water partition coefficient (Wildman–Crippen LogP) is 3.02. The first-order valence-corrected chi connectivity index (χ1v) is 10.9. The van der Waals surface area contributed by atoms with Crippen LogP contribution >= 0.6 is 0 Å². The van der Waals surface area contributed by atoms with Gasteiger partial charge < -0.3 is 9.42 Å². The topological polar surface area (TPSA) is 106 Å². The van der Waals surface area contributed by atoms with E-state index >= 15 is 0 Å². The highest BCUT2D eigenvalue weighted by molar-refractivity contribution is 5.91. The van der Waals surface area contributed by atoms with Crippen molar-refractivity contribution in [3.63, 3.8) is 0 Å². The fourth-order valence-electron chi connectivity index (χ4n) is 3.96. The summed E-state index contributed by atoms with van der Waals surface area (Å²) < 4.78 is 45.9. The van der Waals surface area contributed by atoms with E-state index in [0.29, 0.717) is 37.8 Å². The molecule has 1 saturated heterocycles. The monoisotopic (exact) mass is 486 g/mol. The molecule has 182 valence electrons. The van der Waals surface area contributed by atoms with Crippen LogP contribution in [0.3, 0.4) is 0 Å². The number of rotatable bonds is 4. The number of benzene rings is 1. The van der Waals surface area contributed by atoms with E-state index in [9.17, 15) is 18.0 Å². The summed E-state index contributed by atoms with van der Waals surface area (Å²) >= 11 is 0. The third-order valence-corrected chi connectivity index (χ3v) is 6.02. The second kappa shape index (κ2) is 8.73. The van der Waals surface area contributed by atoms with Crippen LogP contribution in [0.25, 0.3) is 17.2 Å². The Morgan fingerprint density at radius 3 is 2.60 bits per heavy atom. The van der Waals surface area contributed by atoms with E-state index in [4.69, 9.17) is 4.52 Å². The van der Waals surface area contributed by atoms with Crippen LogP contribution in [-0.2, 0) is 6.18 Å². The maximum Gasteiger partial charge on any atom is 0.416 e. The maximum absolute atomic E-state index is 13.0. The highest BCUT2D eigenvalue weighted by atomic mass is 19.4. The number of halogens is 3. The molecule has 0 spiro atoms. The van der Waals surface area contributed by atoms with Gasteiger partial charge in [-0.3, -0.25) is 9.69 Å². The highest BCUT2D eigenvalue weighted by Crippen LogP contribution is 2.32. The third-order valence-electron chi connectivity index (χ3n) is 6.02. The van der Waals surface area contributed by atoms with Crippen molar-refractivity contribution in [1.29, 1.82) is 0 Å². The molecule has 4 heterocycles. The fraction of sp³-hybridized carbons (Fsp3) is 0.364. The molecule has 10 nitrogen and oxygen atoms in total. The number of carbonyl (C=O) groups excluding carboxylic acids is 1. The molecule has 4 aromatic rings. The van der Waals surface area contributed by atoms with Crippen LogP contribution in [0.1, 0.15) is 40.7 Å². The third kappa shape index (κ3) is 4.46. The largest absolute Gasteiger partial charge is 0.416 e. The molecule has 0 bridgehead atoms. The van der Waals surface area contributed by atoms with E-state index in [1.807, 2.05) is 13.8 Å². The van der Waals surface area contributed by atoms with Gasteiger partial charge in [-0.15, -0.1) is 5.10 Å². The summed E-state index contributed by atoms with van der Waals surface area (Å²) in [5.74, 6) is 0.575. The molecular formula is C22H21F3N8O2. The van der Waals surface area contributed by atoms with Crippen LogP contribution in [0.5, 0.6) is 0 Å². The molecule has 1 atom stereocenters. The van der Waals surface area contributed by atoms with E-state index in [2.05, 4.69) is 30.1 Å². The molecule has 35 heavy (non-hydrogen) atoms. The first-order valence-electron chi connectivity index (χ1n) is 10.9. The van der Waals surface area contributed by atoms with Crippen molar-refractivity contribution in [3.05, 3.63) is 59.5 Å². The number of hydrogen-bond donors (Lipinski definition) is 0. The van der Waals surface area contributed by atoms with Gasteiger partial charge in [0.1, 0.15) is 0 Å². The minimum absolute atomic E-state index is 0.0913. The zero-order valence-corrected chi connectivity index (χ0v) is 18.9. The number of nitrogens with zero attached hydrogens (tertiary/aromatic N) is 8. The number of fused-ring (bicyclic) bond motifs is 1. The lowest BCUT2D eigenvalue weighted by atomic mass is 10.1. The Bertz CT molecular complexity index is 1370. The van der Waals surface area contributed by atoms with E-state index in [1.165, 1.54) is 16.6 Å². The van der Waals surface area contributed by atoms with Crippen LogP contribution in [0, 0.1) is 6.92 Å². The van der Waals surface area contributed by atoms with Gasteiger partial charge in [0.05, 0.1) is 11.6 Å². The lowest BCUT2D eigenvalue weighted by molar-refractivity contribution is -0.137. The van der Waals surface area contributed by atoms with Crippen molar-refractivity contribution in [3.8, 4) is 11.4 Å². The first-order chi connectivity index (χ1) is 16.7. The minimum atomic E-state index is -4.46. The smallest absolute Gasteiger partial charge is 0.337 e. The molecular weight excluding hydrogens is 465 g/mol. The van der Waals surface area contributed by atoms with Crippen LogP contribution in [0.15, 0.2) is 41.1 Å². The molecule has 0 radical (unpaired) electrons. The number of hydrogen-bond acceptors (Lipinski definition) is 8. The number of amides is 1. The van der Waals surface area contributed by atoms with Crippen molar-refractivity contribution in [2.45, 2.75) is 26.1 Å². The number of alkyl halides is 3. The molecule has 0 saturated carbocycles. The fourth-order valence-corrected chi connectivity index (χ4v) is 3.96. The van der Waals surface area contributed by atoms with Gasteiger partial charge in [0.15, 0.2) is 0 Å². The summed E-state index contributed by atoms with van der Waals surface area (Å²) in [5.41, 5.74) is 0.271. The summed E-state index contributed by atoms with van der Waals surface area (Å²) in [7, 11) is 0. The van der Waals surface area contributed by atoms with E-state index in [0.717, 1.165) is 17.8 Å². The summed E-state index contributed by atoms with van der Waals surface area (Å²) in [6, 6.07) is 6.31. The Morgan fingerprint density at radius 1 is 1.11 bits per heavy atom. The average molecular weight is 486 g/mol. The Labute approximate surface area is 197 Å². The molecule has 0 N–H and O–H groups in total.